The van der Waals surface area contributed by atoms with Crippen molar-refractivity contribution in [1.29, 1.82) is 0 Å². The molecule has 1 N–H and O–H groups in total. The molecule has 1 heterocycles. The zero-order valence-corrected chi connectivity index (χ0v) is 11.5. The minimum absolute atomic E-state index is 0.492. The predicted octanol–water partition coefficient (Wildman–Crippen LogP) is 2.80. The molecule has 1 fully saturated rings. The van der Waals surface area contributed by atoms with Crippen molar-refractivity contribution in [3.8, 4) is 0 Å². The fraction of sp³-hybridized carbons (Fsp3) is 0.500. The van der Waals surface area contributed by atoms with Crippen LogP contribution in [0, 0.1) is 0 Å². The molecule has 0 radical (unpaired) electrons. The van der Waals surface area contributed by atoms with Gasteiger partial charge in [0.25, 0.3) is 0 Å². The third-order valence-electron chi connectivity index (χ3n) is 4.12. The molecule has 0 saturated heterocycles. The Balaban J connectivity index is 1.43. The minimum Gasteiger partial charge on any atom is -0.381 e. The van der Waals surface area contributed by atoms with Crippen LogP contribution in [0.3, 0.4) is 0 Å². The molecule has 0 amide bonds. The molecule has 0 unspecified atom stereocenters. The van der Waals surface area contributed by atoms with Crippen molar-refractivity contribution in [3.63, 3.8) is 0 Å². The summed E-state index contributed by atoms with van der Waals surface area (Å²) < 4.78 is 7.63. The van der Waals surface area contributed by atoms with E-state index < -0.39 is 0 Å². The quantitative estimate of drug-likeness (QED) is 0.806. The van der Waals surface area contributed by atoms with Gasteiger partial charge < -0.3 is 14.6 Å². The largest absolute Gasteiger partial charge is 0.381 e. The van der Waals surface area contributed by atoms with E-state index in [-0.39, 0.29) is 0 Å². The number of fused-ring (bicyclic) bond motifs is 1. The van der Waals surface area contributed by atoms with Crippen LogP contribution in [0.2, 0.25) is 0 Å². The van der Waals surface area contributed by atoms with Crippen molar-refractivity contribution in [1.82, 2.24) is 9.88 Å². The number of methoxy groups -OCH3 is 1. The van der Waals surface area contributed by atoms with Crippen molar-refractivity contribution in [2.45, 2.75) is 38.0 Å². The summed E-state index contributed by atoms with van der Waals surface area (Å²) in [5.41, 5.74) is 1.34. The van der Waals surface area contributed by atoms with Crippen molar-refractivity contribution in [2.75, 3.05) is 13.7 Å². The van der Waals surface area contributed by atoms with Crippen LogP contribution < -0.4 is 5.32 Å². The Morgan fingerprint density at radius 2 is 2.11 bits per heavy atom. The molecule has 0 atom stereocenters. The Kier molecular flexibility index (Phi) is 3.85. The van der Waals surface area contributed by atoms with Gasteiger partial charge in [0.1, 0.15) is 0 Å². The predicted molar refractivity (Wildman–Crippen MR) is 78.4 cm³/mol. The molecular weight excluding hydrogens is 236 g/mol. The number of nitrogens with zero attached hydrogens (tertiary/aromatic N) is 1. The molecule has 1 aromatic carbocycles. The SMILES string of the molecule is COC1CC(NCCCn2ccc3ccccc32)C1. The number of hydrogen-bond donors (Lipinski definition) is 1. The monoisotopic (exact) mass is 258 g/mol. The molecule has 3 heteroatoms. The highest BCUT2D eigenvalue weighted by molar-refractivity contribution is 5.79. The third kappa shape index (κ3) is 2.82. The molecule has 3 nitrogen and oxygen atoms in total. The average Bonchev–Trinajstić information content (AvgIpc) is 2.80. The summed E-state index contributed by atoms with van der Waals surface area (Å²) in [6.07, 6.45) is 6.19. The number of ether oxygens (including phenoxy) is 1. The van der Waals surface area contributed by atoms with Crippen LogP contribution in [-0.2, 0) is 11.3 Å². The molecule has 0 spiro atoms. The summed E-state index contributed by atoms with van der Waals surface area (Å²) >= 11 is 0. The molecular formula is C16H22N2O. The van der Waals surface area contributed by atoms with Crippen LogP contribution in [0.15, 0.2) is 36.5 Å². The Morgan fingerprint density at radius 3 is 2.95 bits per heavy atom. The molecule has 1 aliphatic carbocycles. The van der Waals surface area contributed by atoms with Crippen LogP contribution in [0.1, 0.15) is 19.3 Å². The molecule has 3 rings (SSSR count). The van der Waals surface area contributed by atoms with Gasteiger partial charge in [-0.3, -0.25) is 0 Å². The lowest BCUT2D eigenvalue weighted by Gasteiger charge is -2.34. The summed E-state index contributed by atoms with van der Waals surface area (Å²) in [4.78, 5) is 0. The first-order valence-corrected chi connectivity index (χ1v) is 7.17. The Hall–Kier alpha value is -1.32. The highest BCUT2D eigenvalue weighted by Crippen LogP contribution is 2.22. The summed E-state index contributed by atoms with van der Waals surface area (Å²) in [6, 6.07) is 11.4. The van der Waals surface area contributed by atoms with Gasteiger partial charge in [-0.05, 0) is 43.3 Å². The molecule has 102 valence electrons. The average molecular weight is 258 g/mol. The van der Waals surface area contributed by atoms with E-state index >= 15 is 0 Å². The van der Waals surface area contributed by atoms with Crippen molar-refractivity contribution < 1.29 is 4.74 Å². The number of para-hydroxylation sites is 1. The van der Waals surface area contributed by atoms with Crippen LogP contribution >= 0.6 is 0 Å². The van der Waals surface area contributed by atoms with E-state index in [1.54, 1.807) is 7.11 Å². The van der Waals surface area contributed by atoms with Gasteiger partial charge in [0.15, 0.2) is 0 Å². The summed E-state index contributed by atoms with van der Waals surface area (Å²) in [5.74, 6) is 0. The lowest BCUT2D eigenvalue weighted by molar-refractivity contribution is 0.0175. The second-order valence-electron chi connectivity index (χ2n) is 5.40. The van der Waals surface area contributed by atoms with Gasteiger partial charge in [-0.1, -0.05) is 18.2 Å². The number of aromatic nitrogens is 1. The first-order chi connectivity index (χ1) is 9.36. The van der Waals surface area contributed by atoms with Gasteiger partial charge in [-0.2, -0.15) is 0 Å². The summed E-state index contributed by atoms with van der Waals surface area (Å²) in [5, 5.41) is 4.93. The highest BCUT2D eigenvalue weighted by atomic mass is 16.5. The number of hydrogen-bond acceptors (Lipinski definition) is 2. The Labute approximate surface area is 114 Å². The van der Waals surface area contributed by atoms with Gasteiger partial charge in [0.05, 0.1) is 6.10 Å². The topological polar surface area (TPSA) is 26.2 Å². The third-order valence-corrected chi connectivity index (χ3v) is 4.12. The number of benzene rings is 1. The van der Waals surface area contributed by atoms with E-state index in [1.807, 2.05) is 0 Å². The first-order valence-electron chi connectivity index (χ1n) is 7.17. The standard InChI is InChI=1S/C16H22N2O/c1-19-15-11-14(12-15)17-8-4-9-18-10-7-13-5-2-3-6-16(13)18/h2-3,5-7,10,14-15,17H,4,8-9,11-12H2,1H3. The lowest BCUT2D eigenvalue weighted by atomic mass is 9.89. The fourth-order valence-corrected chi connectivity index (χ4v) is 2.82. The van der Waals surface area contributed by atoms with Gasteiger partial charge in [0, 0.05) is 31.4 Å². The van der Waals surface area contributed by atoms with E-state index in [4.69, 9.17) is 4.74 Å². The summed E-state index contributed by atoms with van der Waals surface area (Å²) in [7, 11) is 1.80. The van der Waals surface area contributed by atoms with Crippen LogP contribution in [0.25, 0.3) is 10.9 Å². The highest BCUT2D eigenvalue weighted by Gasteiger charge is 2.27. The second-order valence-corrected chi connectivity index (χ2v) is 5.40. The molecule has 1 aliphatic rings. The van der Waals surface area contributed by atoms with Gasteiger partial charge in [-0.15, -0.1) is 0 Å². The molecule has 0 bridgehead atoms. The van der Waals surface area contributed by atoms with E-state index in [1.165, 1.54) is 30.2 Å². The van der Waals surface area contributed by atoms with Gasteiger partial charge in [0.2, 0.25) is 0 Å². The maximum Gasteiger partial charge on any atom is 0.0601 e. The lowest BCUT2D eigenvalue weighted by Crippen LogP contribution is -2.45. The fourth-order valence-electron chi connectivity index (χ4n) is 2.82. The Morgan fingerprint density at radius 1 is 1.26 bits per heavy atom. The smallest absolute Gasteiger partial charge is 0.0601 e. The molecule has 2 aromatic rings. The van der Waals surface area contributed by atoms with E-state index in [9.17, 15) is 0 Å². The zero-order valence-electron chi connectivity index (χ0n) is 11.5. The molecule has 0 aliphatic heterocycles. The van der Waals surface area contributed by atoms with Crippen molar-refractivity contribution >= 4 is 10.9 Å². The number of aryl methyl sites for hydroxylation is 1. The molecule has 1 aromatic heterocycles. The minimum atomic E-state index is 0.492. The maximum atomic E-state index is 5.29. The first kappa shape index (κ1) is 12.7. The van der Waals surface area contributed by atoms with E-state index in [0.29, 0.717) is 12.1 Å². The van der Waals surface area contributed by atoms with Crippen LogP contribution in [-0.4, -0.2) is 30.4 Å². The second kappa shape index (κ2) is 5.76. The van der Waals surface area contributed by atoms with E-state index in [2.05, 4.69) is 46.4 Å². The summed E-state index contributed by atoms with van der Waals surface area (Å²) in [6.45, 7) is 2.18. The molecule has 19 heavy (non-hydrogen) atoms. The van der Waals surface area contributed by atoms with Gasteiger partial charge >= 0.3 is 0 Å². The van der Waals surface area contributed by atoms with Crippen molar-refractivity contribution in [3.05, 3.63) is 36.5 Å². The normalized spacial score (nSPS) is 22.6. The maximum absolute atomic E-state index is 5.29. The van der Waals surface area contributed by atoms with E-state index in [0.717, 1.165) is 13.1 Å². The van der Waals surface area contributed by atoms with Gasteiger partial charge in [-0.25, -0.2) is 0 Å². The van der Waals surface area contributed by atoms with Crippen LogP contribution in [0.4, 0.5) is 0 Å². The number of nitrogens with one attached hydrogen (secondary N) is 1. The Bertz CT molecular complexity index is 528. The molecule has 1 saturated carbocycles. The van der Waals surface area contributed by atoms with Crippen molar-refractivity contribution in [2.24, 2.45) is 0 Å². The van der Waals surface area contributed by atoms with Crippen LogP contribution in [0.5, 0.6) is 0 Å². The number of rotatable bonds is 6. The zero-order chi connectivity index (χ0) is 13.1.